The molecule has 1 fully saturated rings. The summed E-state index contributed by atoms with van der Waals surface area (Å²) in [5.74, 6) is -1.09. The van der Waals surface area contributed by atoms with E-state index >= 15 is 0 Å². The van der Waals surface area contributed by atoms with Crippen LogP contribution in [0.2, 0.25) is 5.02 Å². The van der Waals surface area contributed by atoms with Crippen molar-refractivity contribution in [3.05, 3.63) is 23.2 Å². The molecular weight excluding hydrogens is 321 g/mol. The van der Waals surface area contributed by atoms with Crippen molar-refractivity contribution in [2.24, 2.45) is 5.92 Å². The standard InChI is InChI=1S/C14H16ClF3N2O2/c1-22-12-5-4-10(15)7-11(12)19-13(21)20-6-2-3-9(8-20)14(16,17)18/h4-5,7,9H,2-3,6,8H2,1H3,(H,19,21)/t9-/m0/s1. The van der Waals surface area contributed by atoms with Gasteiger partial charge in [-0.3, -0.25) is 0 Å². The Kier molecular flexibility index (Phi) is 5.05. The van der Waals surface area contributed by atoms with Crippen molar-refractivity contribution >= 4 is 23.3 Å². The number of methoxy groups -OCH3 is 1. The second-order valence-corrected chi connectivity index (χ2v) is 5.54. The van der Waals surface area contributed by atoms with Gasteiger partial charge in [0.05, 0.1) is 18.7 Å². The predicted molar refractivity (Wildman–Crippen MR) is 77.4 cm³/mol. The van der Waals surface area contributed by atoms with Gasteiger partial charge in [0.1, 0.15) is 5.75 Å². The first kappa shape index (κ1) is 16.7. The Morgan fingerprint density at radius 2 is 2.18 bits per heavy atom. The Bertz CT molecular complexity index is 551. The fourth-order valence-electron chi connectivity index (χ4n) is 2.40. The fourth-order valence-corrected chi connectivity index (χ4v) is 2.57. The van der Waals surface area contributed by atoms with Crippen molar-refractivity contribution in [2.75, 3.05) is 25.5 Å². The number of carbonyl (C=O) groups is 1. The number of alkyl halides is 3. The van der Waals surface area contributed by atoms with E-state index in [1.807, 2.05) is 0 Å². The molecule has 0 radical (unpaired) electrons. The normalized spacial score (nSPS) is 19.0. The minimum Gasteiger partial charge on any atom is -0.495 e. The summed E-state index contributed by atoms with van der Waals surface area (Å²) in [5, 5.41) is 2.95. The molecule has 1 heterocycles. The van der Waals surface area contributed by atoms with Gasteiger partial charge in [-0.1, -0.05) is 11.6 Å². The minimum atomic E-state index is -4.29. The van der Waals surface area contributed by atoms with Crippen LogP contribution >= 0.6 is 11.6 Å². The van der Waals surface area contributed by atoms with Crippen molar-refractivity contribution in [2.45, 2.75) is 19.0 Å². The van der Waals surface area contributed by atoms with Gasteiger partial charge in [0, 0.05) is 18.1 Å². The highest BCUT2D eigenvalue weighted by Crippen LogP contribution is 2.34. The highest BCUT2D eigenvalue weighted by molar-refractivity contribution is 6.31. The molecule has 0 bridgehead atoms. The number of hydrogen-bond acceptors (Lipinski definition) is 2. The van der Waals surface area contributed by atoms with E-state index in [1.54, 1.807) is 12.1 Å². The number of nitrogens with zero attached hydrogens (tertiary/aromatic N) is 1. The summed E-state index contributed by atoms with van der Waals surface area (Å²) >= 11 is 5.86. The Hall–Kier alpha value is -1.63. The molecule has 22 heavy (non-hydrogen) atoms. The topological polar surface area (TPSA) is 41.6 Å². The van der Waals surface area contributed by atoms with Crippen molar-refractivity contribution < 1.29 is 22.7 Å². The lowest BCUT2D eigenvalue weighted by Gasteiger charge is -2.33. The van der Waals surface area contributed by atoms with Crippen molar-refractivity contribution in [3.8, 4) is 5.75 Å². The third kappa shape index (κ3) is 3.97. The van der Waals surface area contributed by atoms with Gasteiger partial charge >= 0.3 is 12.2 Å². The van der Waals surface area contributed by atoms with E-state index in [0.717, 1.165) is 0 Å². The summed E-state index contributed by atoms with van der Waals surface area (Å²) in [6, 6.07) is 4.07. The summed E-state index contributed by atoms with van der Waals surface area (Å²) in [4.78, 5) is 13.3. The van der Waals surface area contributed by atoms with Crippen LogP contribution < -0.4 is 10.1 Å². The number of rotatable bonds is 2. The van der Waals surface area contributed by atoms with Crippen LogP contribution in [0.25, 0.3) is 0 Å². The van der Waals surface area contributed by atoms with Crippen LogP contribution in [0.15, 0.2) is 18.2 Å². The van der Waals surface area contributed by atoms with E-state index in [0.29, 0.717) is 29.4 Å². The lowest BCUT2D eigenvalue weighted by atomic mass is 9.98. The number of hydrogen-bond donors (Lipinski definition) is 1. The number of ether oxygens (including phenoxy) is 1. The van der Waals surface area contributed by atoms with Gasteiger partial charge < -0.3 is 15.0 Å². The van der Waals surface area contributed by atoms with Crippen LogP contribution in [-0.2, 0) is 0 Å². The van der Waals surface area contributed by atoms with E-state index in [9.17, 15) is 18.0 Å². The van der Waals surface area contributed by atoms with Gasteiger partial charge in [0.15, 0.2) is 0 Å². The maximum absolute atomic E-state index is 12.8. The molecule has 0 aromatic heterocycles. The third-order valence-electron chi connectivity index (χ3n) is 3.57. The molecule has 2 rings (SSSR count). The van der Waals surface area contributed by atoms with E-state index < -0.39 is 18.1 Å². The zero-order valence-corrected chi connectivity index (χ0v) is 12.7. The smallest absolute Gasteiger partial charge is 0.393 e. The maximum atomic E-state index is 12.8. The molecule has 0 unspecified atom stereocenters. The summed E-state index contributed by atoms with van der Waals surface area (Å²) in [5.41, 5.74) is 0.328. The third-order valence-corrected chi connectivity index (χ3v) is 3.81. The Morgan fingerprint density at radius 1 is 1.45 bits per heavy atom. The van der Waals surface area contributed by atoms with Crippen LogP contribution in [0.3, 0.4) is 0 Å². The molecular formula is C14H16ClF3N2O2. The van der Waals surface area contributed by atoms with E-state index in [4.69, 9.17) is 16.3 Å². The first-order chi connectivity index (χ1) is 10.3. The number of benzene rings is 1. The number of likely N-dealkylation sites (tertiary alicyclic amines) is 1. The fraction of sp³-hybridized carbons (Fsp3) is 0.500. The van der Waals surface area contributed by atoms with Crippen molar-refractivity contribution in [1.82, 2.24) is 4.90 Å². The number of carbonyl (C=O) groups excluding carboxylic acids is 1. The molecule has 8 heteroatoms. The van der Waals surface area contributed by atoms with Crippen molar-refractivity contribution in [3.63, 3.8) is 0 Å². The zero-order valence-electron chi connectivity index (χ0n) is 11.9. The van der Waals surface area contributed by atoms with Crippen molar-refractivity contribution in [1.29, 1.82) is 0 Å². The molecule has 1 N–H and O–H groups in total. The number of halogens is 4. The van der Waals surface area contributed by atoms with Crippen LogP contribution in [0, 0.1) is 5.92 Å². The largest absolute Gasteiger partial charge is 0.495 e. The molecule has 1 aliphatic heterocycles. The SMILES string of the molecule is COc1ccc(Cl)cc1NC(=O)N1CCC[C@H](C(F)(F)F)C1. The van der Waals surface area contributed by atoms with Crippen LogP contribution in [0.5, 0.6) is 5.75 Å². The van der Waals surface area contributed by atoms with Gasteiger partial charge in [0.2, 0.25) is 0 Å². The van der Waals surface area contributed by atoms with Gasteiger partial charge in [-0.15, -0.1) is 0 Å². The second kappa shape index (κ2) is 6.64. The second-order valence-electron chi connectivity index (χ2n) is 5.10. The molecule has 122 valence electrons. The number of urea groups is 1. The number of amides is 2. The Balaban J connectivity index is 2.07. The molecule has 1 aromatic rings. The first-order valence-electron chi connectivity index (χ1n) is 6.77. The van der Waals surface area contributed by atoms with E-state index in [1.165, 1.54) is 18.1 Å². The van der Waals surface area contributed by atoms with Gasteiger partial charge in [-0.05, 0) is 31.0 Å². The zero-order chi connectivity index (χ0) is 16.3. The molecule has 4 nitrogen and oxygen atoms in total. The Morgan fingerprint density at radius 3 is 2.82 bits per heavy atom. The monoisotopic (exact) mass is 336 g/mol. The average Bonchev–Trinajstić information content (AvgIpc) is 2.47. The van der Waals surface area contributed by atoms with Crippen LogP contribution in [0.4, 0.5) is 23.7 Å². The maximum Gasteiger partial charge on any atom is 0.393 e. The summed E-state index contributed by atoms with van der Waals surface area (Å²) in [6.07, 6.45) is -3.91. The summed E-state index contributed by atoms with van der Waals surface area (Å²) in [6.45, 7) is -0.0422. The Labute approximate surface area is 131 Å². The summed E-state index contributed by atoms with van der Waals surface area (Å²) < 4.78 is 43.4. The number of nitrogens with one attached hydrogen (secondary N) is 1. The quantitative estimate of drug-likeness (QED) is 0.881. The molecule has 2 amide bonds. The number of piperidine rings is 1. The van der Waals surface area contributed by atoms with E-state index in [2.05, 4.69) is 5.32 Å². The molecule has 0 spiro atoms. The molecule has 0 saturated carbocycles. The molecule has 1 saturated heterocycles. The molecule has 1 atom stereocenters. The predicted octanol–water partition coefficient (Wildman–Crippen LogP) is 4.15. The average molecular weight is 337 g/mol. The van der Waals surface area contributed by atoms with E-state index in [-0.39, 0.29) is 13.0 Å². The highest BCUT2D eigenvalue weighted by Gasteiger charge is 2.42. The van der Waals surface area contributed by atoms with Crippen LogP contribution in [-0.4, -0.2) is 37.3 Å². The van der Waals surface area contributed by atoms with Gasteiger partial charge in [-0.25, -0.2) is 4.79 Å². The molecule has 1 aromatic carbocycles. The minimum absolute atomic E-state index is 0.0494. The lowest BCUT2D eigenvalue weighted by molar-refractivity contribution is -0.183. The van der Waals surface area contributed by atoms with Gasteiger partial charge in [-0.2, -0.15) is 13.2 Å². The molecule has 1 aliphatic rings. The lowest BCUT2D eigenvalue weighted by Crippen LogP contribution is -2.46. The van der Waals surface area contributed by atoms with Crippen LogP contribution in [0.1, 0.15) is 12.8 Å². The molecule has 0 aliphatic carbocycles. The summed E-state index contributed by atoms with van der Waals surface area (Å²) in [7, 11) is 1.43. The van der Waals surface area contributed by atoms with Gasteiger partial charge in [0.25, 0.3) is 0 Å². The number of anilines is 1. The first-order valence-corrected chi connectivity index (χ1v) is 7.15. The highest BCUT2D eigenvalue weighted by atomic mass is 35.5.